The number of nitrogens with one attached hydrogen (secondary N) is 1. The Labute approximate surface area is 137 Å². The van der Waals surface area contributed by atoms with Gasteiger partial charge in [-0.3, -0.25) is 4.90 Å². The van der Waals surface area contributed by atoms with E-state index in [0.29, 0.717) is 11.1 Å². The van der Waals surface area contributed by atoms with Crippen molar-refractivity contribution in [1.82, 2.24) is 9.88 Å². The van der Waals surface area contributed by atoms with Gasteiger partial charge in [0, 0.05) is 42.9 Å². The second kappa shape index (κ2) is 7.34. The third kappa shape index (κ3) is 3.56. The van der Waals surface area contributed by atoms with Crippen LogP contribution in [-0.2, 0) is 0 Å². The molecule has 5 heteroatoms. The third-order valence-electron chi connectivity index (χ3n) is 4.96. The minimum absolute atomic E-state index is 0.300. The van der Waals surface area contributed by atoms with Gasteiger partial charge >= 0.3 is 0 Å². The number of thioether (sulfide) groups is 1. The second-order valence-corrected chi connectivity index (χ2v) is 7.51. The van der Waals surface area contributed by atoms with Crippen molar-refractivity contribution in [2.75, 3.05) is 36.5 Å². The van der Waals surface area contributed by atoms with E-state index in [-0.39, 0.29) is 0 Å². The fraction of sp³-hybridized carbons (Fsp3) is 0.647. The largest absolute Gasteiger partial charge is 0.368 e. The van der Waals surface area contributed by atoms with E-state index >= 15 is 0 Å². The van der Waals surface area contributed by atoms with Gasteiger partial charge in [0.2, 0.25) is 0 Å². The number of nitrogens with zero attached hydrogens (tertiary/aromatic N) is 3. The van der Waals surface area contributed by atoms with Crippen molar-refractivity contribution in [3.8, 4) is 6.07 Å². The molecule has 0 unspecified atom stereocenters. The predicted molar refractivity (Wildman–Crippen MR) is 92.2 cm³/mol. The Bertz CT molecular complexity index is 510. The summed E-state index contributed by atoms with van der Waals surface area (Å²) >= 11 is 2.07. The molecule has 0 spiro atoms. The Morgan fingerprint density at radius 1 is 1.23 bits per heavy atom. The van der Waals surface area contributed by atoms with Gasteiger partial charge in [-0.2, -0.15) is 17.0 Å². The standard InChI is InChI=1S/C17H24N4S/c18-12-15-4-5-16(19-13-15)20-14-17(6-2-1-3-7-17)21-8-10-22-11-9-21/h4-5,13H,1-3,6-11,14H2,(H,19,20). The second-order valence-electron chi connectivity index (χ2n) is 6.28. The number of hydrogen-bond donors (Lipinski definition) is 1. The van der Waals surface area contributed by atoms with Crippen molar-refractivity contribution in [2.45, 2.75) is 37.6 Å². The lowest BCUT2D eigenvalue weighted by Crippen LogP contribution is -2.57. The van der Waals surface area contributed by atoms with Crippen LogP contribution in [0.4, 0.5) is 5.82 Å². The minimum atomic E-state index is 0.300. The van der Waals surface area contributed by atoms with Crippen molar-refractivity contribution in [1.29, 1.82) is 5.26 Å². The van der Waals surface area contributed by atoms with Gasteiger partial charge in [-0.25, -0.2) is 4.98 Å². The van der Waals surface area contributed by atoms with Gasteiger partial charge in [-0.05, 0) is 25.0 Å². The fourth-order valence-electron chi connectivity index (χ4n) is 3.67. The molecule has 1 saturated heterocycles. The lowest BCUT2D eigenvalue weighted by atomic mass is 9.80. The van der Waals surface area contributed by atoms with E-state index in [0.717, 1.165) is 12.4 Å². The zero-order chi connectivity index (χ0) is 15.3. The number of hydrogen-bond acceptors (Lipinski definition) is 5. The minimum Gasteiger partial charge on any atom is -0.368 e. The lowest BCUT2D eigenvalue weighted by Gasteiger charge is -2.48. The SMILES string of the molecule is N#Cc1ccc(NCC2(N3CCSCC3)CCCCC2)nc1. The molecular formula is C17H24N4S. The summed E-state index contributed by atoms with van der Waals surface area (Å²) in [5.74, 6) is 3.41. The van der Waals surface area contributed by atoms with E-state index < -0.39 is 0 Å². The molecule has 0 atom stereocenters. The first kappa shape index (κ1) is 15.6. The third-order valence-corrected chi connectivity index (χ3v) is 5.90. The van der Waals surface area contributed by atoms with Crippen LogP contribution in [0.3, 0.4) is 0 Å². The Morgan fingerprint density at radius 3 is 2.64 bits per heavy atom. The van der Waals surface area contributed by atoms with Crippen molar-refractivity contribution in [3.63, 3.8) is 0 Å². The van der Waals surface area contributed by atoms with Gasteiger partial charge in [0.05, 0.1) is 5.56 Å². The number of nitriles is 1. The maximum Gasteiger partial charge on any atom is 0.126 e. The lowest BCUT2D eigenvalue weighted by molar-refractivity contribution is 0.0706. The molecule has 0 amide bonds. The van der Waals surface area contributed by atoms with Gasteiger partial charge < -0.3 is 5.32 Å². The van der Waals surface area contributed by atoms with Crippen molar-refractivity contribution >= 4 is 17.6 Å². The number of pyridine rings is 1. The van der Waals surface area contributed by atoms with E-state index in [9.17, 15) is 0 Å². The van der Waals surface area contributed by atoms with Crippen LogP contribution in [-0.4, -0.2) is 46.6 Å². The summed E-state index contributed by atoms with van der Waals surface area (Å²) in [7, 11) is 0. The smallest absolute Gasteiger partial charge is 0.126 e. The van der Waals surface area contributed by atoms with Crippen LogP contribution in [0.25, 0.3) is 0 Å². The molecule has 0 radical (unpaired) electrons. The molecule has 4 nitrogen and oxygen atoms in total. The van der Waals surface area contributed by atoms with E-state index in [2.05, 4.69) is 33.0 Å². The molecule has 1 aromatic heterocycles. The Balaban J connectivity index is 1.68. The normalized spacial score (nSPS) is 22.0. The van der Waals surface area contributed by atoms with E-state index in [1.807, 2.05) is 12.1 Å². The Hall–Kier alpha value is -1.25. The maximum absolute atomic E-state index is 8.85. The van der Waals surface area contributed by atoms with Crippen molar-refractivity contribution in [2.24, 2.45) is 0 Å². The molecular weight excluding hydrogens is 292 g/mol. The first-order chi connectivity index (χ1) is 10.8. The molecule has 0 aromatic carbocycles. The van der Waals surface area contributed by atoms with Crippen LogP contribution in [0.2, 0.25) is 0 Å². The number of rotatable bonds is 4. The molecule has 2 heterocycles. The summed E-state index contributed by atoms with van der Waals surface area (Å²) in [5.41, 5.74) is 0.917. The zero-order valence-electron chi connectivity index (χ0n) is 13.1. The van der Waals surface area contributed by atoms with Crippen LogP contribution in [0, 0.1) is 11.3 Å². The van der Waals surface area contributed by atoms with Gasteiger partial charge in [-0.15, -0.1) is 0 Å². The molecule has 1 aromatic rings. The first-order valence-electron chi connectivity index (χ1n) is 8.25. The van der Waals surface area contributed by atoms with Gasteiger partial charge in [0.1, 0.15) is 11.9 Å². The van der Waals surface area contributed by atoms with Crippen LogP contribution < -0.4 is 5.32 Å². The number of aromatic nitrogens is 1. The fourth-order valence-corrected chi connectivity index (χ4v) is 4.58. The summed E-state index contributed by atoms with van der Waals surface area (Å²) < 4.78 is 0. The first-order valence-corrected chi connectivity index (χ1v) is 9.41. The molecule has 3 rings (SSSR count). The highest BCUT2D eigenvalue weighted by Gasteiger charge is 2.38. The summed E-state index contributed by atoms with van der Waals surface area (Å²) in [4.78, 5) is 7.08. The Morgan fingerprint density at radius 2 is 2.00 bits per heavy atom. The molecule has 1 N–H and O–H groups in total. The van der Waals surface area contributed by atoms with Crippen molar-refractivity contribution < 1.29 is 0 Å². The molecule has 2 fully saturated rings. The van der Waals surface area contributed by atoms with Crippen LogP contribution in [0.1, 0.15) is 37.7 Å². The molecule has 2 aliphatic rings. The highest BCUT2D eigenvalue weighted by atomic mass is 32.2. The quantitative estimate of drug-likeness (QED) is 0.925. The molecule has 1 saturated carbocycles. The summed E-state index contributed by atoms with van der Waals surface area (Å²) in [5, 5.41) is 12.4. The molecule has 22 heavy (non-hydrogen) atoms. The van der Waals surface area contributed by atoms with Gasteiger partial charge in [0.15, 0.2) is 0 Å². The highest BCUT2D eigenvalue weighted by molar-refractivity contribution is 7.99. The maximum atomic E-state index is 8.85. The molecule has 1 aliphatic heterocycles. The molecule has 0 bridgehead atoms. The van der Waals surface area contributed by atoms with Crippen LogP contribution in [0.15, 0.2) is 18.3 Å². The predicted octanol–water partition coefficient (Wildman–Crippen LogP) is 3.12. The molecule has 118 valence electrons. The van der Waals surface area contributed by atoms with Crippen LogP contribution in [0.5, 0.6) is 0 Å². The van der Waals surface area contributed by atoms with Crippen molar-refractivity contribution in [3.05, 3.63) is 23.9 Å². The summed E-state index contributed by atoms with van der Waals surface area (Å²) in [6, 6.07) is 5.87. The summed E-state index contributed by atoms with van der Waals surface area (Å²) in [6.07, 6.45) is 8.28. The highest BCUT2D eigenvalue weighted by Crippen LogP contribution is 2.35. The van der Waals surface area contributed by atoms with E-state index in [4.69, 9.17) is 5.26 Å². The van der Waals surface area contributed by atoms with Gasteiger partial charge in [-0.1, -0.05) is 19.3 Å². The van der Waals surface area contributed by atoms with Gasteiger partial charge in [0.25, 0.3) is 0 Å². The summed E-state index contributed by atoms with van der Waals surface area (Å²) in [6.45, 7) is 3.40. The monoisotopic (exact) mass is 316 g/mol. The molecule has 1 aliphatic carbocycles. The average molecular weight is 316 g/mol. The topological polar surface area (TPSA) is 52.0 Å². The Kier molecular flexibility index (Phi) is 5.22. The average Bonchev–Trinajstić information content (AvgIpc) is 2.62. The van der Waals surface area contributed by atoms with Crippen LogP contribution >= 0.6 is 11.8 Å². The number of anilines is 1. The zero-order valence-corrected chi connectivity index (χ0v) is 13.9. The van der Waals surface area contributed by atoms with E-state index in [1.165, 1.54) is 56.7 Å². The van der Waals surface area contributed by atoms with E-state index in [1.54, 1.807) is 6.20 Å².